The molecule has 0 radical (unpaired) electrons. The van der Waals surface area contributed by atoms with Crippen LogP contribution >= 0.6 is 11.9 Å². The number of alkyl halides is 1. The first-order valence-electron chi connectivity index (χ1n) is 8.73. The van der Waals surface area contributed by atoms with Gasteiger partial charge in [0.05, 0.1) is 4.90 Å². The summed E-state index contributed by atoms with van der Waals surface area (Å²) in [7, 11) is 0. The molecule has 4 rings (SSSR count). The number of nitrogens with zero attached hydrogens (tertiary/aromatic N) is 2. The molecule has 1 aliphatic carbocycles. The Labute approximate surface area is 146 Å². The van der Waals surface area contributed by atoms with E-state index in [2.05, 4.69) is 20.7 Å². The number of aromatic nitrogens is 1. The smallest absolute Gasteiger partial charge is 0.232 e. The summed E-state index contributed by atoms with van der Waals surface area (Å²) in [6.07, 6.45) is 2.80. The van der Waals surface area contributed by atoms with Gasteiger partial charge in [0.1, 0.15) is 18.4 Å². The van der Waals surface area contributed by atoms with Crippen LogP contribution in [-0.2, 0) is 0 Å². The molecule has 24 heavy (non-hydrogen) atoms. The van der Waals surface area contributed by atoms with Crippen molar-refractivity contribution >= 4 is 11.9 Å². The van der Waals surface area contributed by atoms with Gasteiger partial charge in [-0.05, 0) is 50.6 Å². The predicted octanol–water partition coefficient (Wildman–Crippen LogP) is 2.72. The van der Waals surface area contributed by atoms with Crippen molar-refractivity contribution in [3.8, 4) is 11.8 Å². The Hall–Kier alpha value is -1.05. The Morgan fingerprint density at radius 2 is 2.25 bits per heavy atom. The maximum Gasteiger partial charge on any atom is 0.232 e. The average molecular weight is 353 g/mol. The molecule has 0 atom stereocenters. The number of aryl methyl sites for hydroxylation is 1. The van der Waals surface area contributed by atoms with Crippen LogP contribution in [0.2, 0.25) is 0 Å². The van der Waals surface area contributed by atoms with Crippen molar-refractivity contribution in [1.82, 2.24) is 14.6 Å². The first kappa shape index (κ1) is 16.4. The zero-order valence-corrected chi connectivity index (χ0v) is 14.8. The Morgan fingerprint density at radius 3 is 3.00 bits per heavy atom. The summed E-state index contributed by atoms with van der Waals surface area (Å²) in [5.41, 5.74) is 0.954. The van der Waals surface area contributed by atoms with E-state index in [1.54, 1.807) is 11.9 Å². The Morgan fingerprint density at radius 1 is 1.46 bits per heavy atom. The van der Waals surface area contributed by atoms with Crippen LogP contribution in [0.1, 0.15) is 31.2 Å². The van der Waals surface area contributed by atoms with Crippen molar-refractivity contribution in [2.24, 2.45) is 0 Å². The van der Waals surface area contributed by atoms with Gasteiger partial charge in [-0.15, -0.1) is 0 Å². The number of piperidine rings is 1. The number of pyridine rings is 1. The summed E-state index contributed by atoms with van der Waals surface area (Å²) in [5, 5.41) is 0. The van der Waals surface area contributed by atoms with Gasteiger partial charge in [0.15, 0.2) is 0 Å². The molecule has 0 bridgehead atoms. The summed E-state index contributed by atoms with van der Waals surface area (Å²) in [6, 6.07) is 2.07. The quantitative estimate of drug-likeness (QED) is 0.840. The molecule has 2 aliphatic heterocycles. The molecule has 132 valence electrons. The zero-order valence-electron chi connectivity index (χ0n) is 14.0. The molecule has 1 saturated heterocycles. The highest BCUT2D eigenvalue weighted by atomic mass is 32.2. The van der Waals surface area contributed by atoms with Gasteiger partial charge in [0.25, 0.3) is 0 Å². The van der Waals surface area contributed by atoms with E-state index in [1.807, 2.05) is 6.92 Å². The fraction of sp³-hybridized carbons (Fsp3) is 0.706. The highest BCUT2D eigenvalue weighted by molar-refractivity contribution is 7.97. The fourth-order valence-electron chi connectivity index (χ4n) is 3.15. The lowest BCUT2D eigenvalue weighted by Gasteiger charge is -2.28. The molecule has 2 fully saturated rings. The molecule has 5 nitrogen and oxygen atoms in total. The number of hydrogen-bond acceptors (Lipinski definition) is 6. The Kier molecular flexibility index (Phi) is 4.58. The Balaban J connectivity index is 1.37. The van der Waals surface area contributed by atoms with Crippen LogP contribution in [0.5, 0.6) is 11.8 Å². The number of ether oxygens (including phenoxy) is 2. The second kappa shape index (κ2) is 6.69. The van der Waals surface area contributed by atoms with Crippen LogP contribution in [0.3, 0.4) is 0 Å². The standard InChI is InChI=1S/C17H24FN3O2S/c1-12-10-14-16(23-17(4-5-17)11-19-24-14)20-15(12)22-9-8-21-6-2-13(18)3-7-21/h10,13,19H,2-9,11H2,1H3. The van der Waals surface area contributed by atoms with Gasteiger partial charge in [-0.3, -0.25) is 9.62 Å². The van der Waals surface area contributed by atoms with E-state index >= 15 is 0 Å². The zero-order chi connectivity index (χ0) is 16.6. The third-order valence-corrected chi connectivity index (χ3v) is 5.76. The van der Waals surface area contributed by atoms with E-state index in [-0.39, 0.29) is 5.60 Å². The van der Waals surface area contributed by atoms with Crippen molar-refractivity contribution in [2.45, 2.75) is 49.3 Å². The third-order valence-electron chi connectivity index (χ3n) is 4.96. The summed E-state index contributed by atoms with van der Waals surface area (Å²) in [6.45, 7) is 5.87. The number of fused-ring (bicyclic) bond motifs is 1. The van der Waals surface area contributed by atoms with Gasteiger partial charge in [-0.1, -0.05) is 0 Å². The van der Waals surface area contributed by atoms with Crippen molar-refractivity contribution < 1.29 is 13.9 Å². The maximum atomic E-state index is 13.2. The number of likely N-dealkylation sites (tertiary alicyclic amines) is 1. The van der Waals surface area contributed by atoms with Crippen LogP contribution in [0.15, 0.2) is 11.0 Å². The van der Waals surface area contributed by atoms with Crippen molar-refractivity contribution in [1.29, 1.82) is 0 Å². The average Bonchev–Trinajstić information content (AvgIpc) is 3.35. The lowest BCUT2D eigenvalue weighted by molar-refractivity contribution is 0.129. The predicted molar refractivity (Wildman–Crippen MR) is 91.5 cm³/mol. The normalized spacial score (nSPS) is 23.4. The minimum Gasteiger partial charge on any atom is -0.476 e. The molecular formula is C17H24FN3O2S. The van der Waals surface area contributed by atoms with Crippen molar-refractivity contribution in [3.05, 3.63) is 11.6 Å². The lowest BCUT2D eigenvalue weighted by Crippen LogP contribution is -2.37. The minimum atomic E-state index is -0.631. The highest BCUT2D eigenvalue weighted by Gasteiger charge is 2.47. The SMILES string of the molecule is Cc1cc2c(nc1OCCN1CCC(F)CC1)OC1(CC1)CNS2. The molecule has 1 aromatic heterocycles. The first-order valence-corrected chi connectivity index (χ1v) is 9.55. The summed E-state index contributed by atoms with van der Waals surface area (Å²) in [5.74, 6) is 1.33. The van der Waals surface area contributed by atoms with Crippen LogP contribution in [0, 0.1) is 6.92 Å². The van der Waals surface area contributed by atoms with Crippen LogP contribution in [-0.4, -0.2) is 54.4 Å². The van der Waals surface area contributed by atoms with Gasteiger partial charge >= 0.3 is 0 Å². The minimum absolute atomic E-state index is 0.0610. The largest absolute Gasteiger partial charge is 0.476 e. The molecule has 1 spiro atoms. The molecular weight excluding hydrogens is 329 g/mol. The van der Waals surface area contributed by atoms with E-state index in [1.165, 1.54) is 0 Å². The highest BCUT2D eigenvalue weighted by Crippen LogP contribution is 2.45. The molecule has 3 aliphatic rings. The maximum absolute atomic E-state index is 13.2. The van der Waals surface area contributed by atoms with Crippen molar-refractivity contribution in [2.75, 3.05) is 32.8 Å². The second-order valence-corrected chi connectivity index (χ2v) is 7.92. The number of halogens is 1. The topological polar surface area (TPSA) is 46.6 Å². The van der Waals surface area contributed by atoms with E-state index < -0.39 is 6.17 Å². The van der Waals surface area contributed by atoms with Crippen LogP contribution in [0.4, 0.5) is 4.39 Å². The molecule has 1 saturated carbocycles. The van der Waals surface area contributed by atoms with Gasteiger partial charge in [-0.2, -0.15) is 4.98 Å². The summed E-state index contributed by atoms with van der Waals surface area (Å²) in [4.78, 5) is 7.90. The van der Waals surface area contributed by atoms with Gasteiger partial charge in [0, 0.05) is 31.7 Å². The fourth-order valence-corrected chi connectivity index (χ4v) is 4.05. The van der Waals surface area contributed by atoms with Crippen LogP contribution in [0.25, 0.3) is 0 Å². The number of hydrogen-bond donors (Lipinski definition) is 1. The molecule has 0 amide bonds. The monoisotopic (exact) mass is 353 g/mol. The van der Waals surface area contributed by atoms with Gasteiger partial charge in [0.2, 0.25) is 11.8 Å². The molecule has 0 unspecified atom stereocenters. The van der Waals surface area contributed by atoms with E-state index in [0.717, 1.165) is 49.5 Å². The van der Waals surface area contributed by atoms with Crippen LogP contribution < -0.4 is 14.2 Å². The molecule has 1 N–H and O–H groups in total. The molecule has 3 heterocycles. The Bertz CT molecular complexity index is 604. The molecule has 7 heteroatoms. The van der Waals surface area contributed by atoms with E-state index in [4.69, 9.17) is 9.47 Å². The third kappa shape index (κ3) is 3.63. The van der Waals surface area contributed by atoms with Gasteiger partial charge in [-0.25, -0.2) is 4.39 Å². The van der Waals surface area contributed by atoms with E-state index in [0.29, 0.717) is 31.2 Å². The lowest BCUT2D eigenvalue weighted by atomic mass is 10.1. The van der Waals surface area contributed by atoms with Gasteiger partial charge < -0.3 is 9.47 Å². The van der Waals surface area contributed by atoms with Crippen molar-refractivity contribution in [3.63, 3.8) is 0 Å². The van der Waals surface area contributed by atoms with E-state index in [9.17, 15) is 4.39 Å². The first-order chi connectivity index (χ1) is 11.6. The molecule has 0 aromatic carbocycles. The number of rotatable bonds is 4. The number of nitrogens with one attached hydrogen (secondary N) is 1. The summed E-state index contributed by atoms with van der Waals surface area (Å²) < 4.78 is 28.6. The summed E-state index contributed by atoms with van der Waals surface area (Å²) >= 11 is 1.58. The second-order valence-electron chi connectivity index (χ2n) is 6.99. The molecule has 1 aromatic rings.